The van der Waals surface area contributed by atoms with Crippen molar-refractivity contribution < 1.29 is 23.0 Å². The van der Waals surface area contributed by atoms with E-state index in [-0.39, 0.29) is 0 Å². The van der Waals surface area contributed by atoms with Crippen LogP contribution < -0.4 is 4.74 Å². The third kappa shape index (κ3) is 3.82. The summed E-state index contributed by atoms with van der Waals surface area (Å²) in [4.78, 5) is 0. The van der Waals surface area contributed by atoms with Crippen LogP contribution in [0, 0.1) is 11.3 Å². The van der Waals surface area contributed by atoms with Crippen molar-refractivity contribution in [2.24, 2.45) is 0 Å². The Kier molecular flexibility index (Phi) is 5.42. The van der Waals surface area contributed by atoms with E-state index in [9.17, 15) is 23.5 Å². The van der Waals surface area contributed by atoms with Gasteiger partial charge in [-0.2, -0.15) is 18.4 Å². The van der Waals surface area contributed by atoms with E-state index in [0.29, 0.717) is 39.8 Å². The second-order valence-electron chi connectivity index (χ2n) is 9.09. The van der Waals surface area contributed by atoms with Gasteiger partial charge in [0.1, 0.15) is 5.75 Å². The molecule has 0 aliphatic carbocycles. The van der Waals surface area contributed by atoms with E-state index in [2.05, 4.69) is 6.07 Å². The second-order valence-corrected chi connectivity index (χ2v) is 9.09. The third-order valence-electron chi connectivity index (χ3n) is 6.32. The number of aliphatic hydroxyl groups is 1. The molecule has 1 aliphatic heterocycles. The average molecular weight is 439 g/mol. The Morgan fingerprint density at radius 2 is 1.72 bits per heavy atom. The predicted molar refractivity (Wildman–Crippen MR) is 117 cm³/mol. The van der Waals surface area contributed by atoms with Gasteiger partial charge < -0.3 is 9.84 Å². The summed E-state index contributed by atoms with van der Waals surface area (Å²) in [6.07, 6.45) is -5.27. The molecular formula is C26H24F3NO2. The number of rotatable bonds is 5. The summed E-state index contributed by atoms with van der Waals surface area (Å²) in [5, 5.41) is 21.6. The second kappa shape index (κ2) is 7.83. The molecule has 0 amide bonds. The number of para-hydroxylation sites is 1. The SMILES string of the molecule is CC(C)(CC(O)(Cc1ccc(C#N)c2ccccc12)C(F)(F)F)c1cccc2c1OCC2. The van der Waals surface area contributed by atoms with Crippen molar-refractivity contribution in [2.75, 3.05) is 6.61 Å². The first-order valence-corrected chi connectivity index (χ1v) is 10.5. The van der Waals surface area contributed by atoms with Gasteiger partial charge in [-0.05, 0) is 39.8 Å². The molecule has 0 spiro atoms. The van der Waals surface area contributed by atoms with Crippen LogP contribution in [-0.4, -0.2) is 23.5 Å². The Labute approximate surface area is 185 Å². The van der Waals surface area contributed by atoms with E-state index in [4.69, 9.17) is 4.74 Å². The number of nitrogens with zero attached hydrogens (tertiary/aromatic N) is 1. The van der Waals surface area contributed by atoms with Crippen LogP contribution in [0.3, 0.4) is 0 Å². The van der Waals surface area contributed by atoms with Crippen molar-refractivity contribution in [3.05, 3.63) is 76.9 Å². The molecule has 3 aromatic carbocycles. The molecule has 0 radical (unpaired) electrons. The van der Waals surface area contributed by atoms with E-state index in [1.807, 2.05) is 12.1 Å². The molecule has 0 saturated heterocycles. The summed E-state index contributed by atoms with van der Waals surface area (Å²) in [6, 6.07) is 17.5. The molecule has 0 aromatic heterocycles. The largest absolute Gasteiger partial charge is 0.493 e. The maximum atomic E-state index is 14.3. The molecule has 32 heavy (non-hydrogen) atoms. The summed E-state index contributed by atoms with van der Waals surface area (Å²) in [6.45, 7) is 3.92. The monoisotopic (exact) mass is 439 g/mol. The number of hydrogen-bond acceptors (Lipinski definition) is 3. The molecule has 0 fully saturated rings. The van der Waals surface area contributed by atoms with Crippen molar-refractivity contribution in [1.82, 2.24) is 0 Å². The lowest BCUT2D eigenvalue weighted by Crippen LogP contribution is -2.50. The van der Waals surface area contributed by atoms with Gasteiger partial charge in [-0.3, -0.25) is 0 Å². The van der Waals surface area contributed by atoms with E-state index < -0.39 is 30.0 Å². The molecule has 1 heterocycles. The van der Waals surface area contributed by atoms with Gasteiger partial charge >= 0.3 is 6.18 Å². The van der Waals surface area contributed by atoms with Crippen molar-refractivity contribution >= 4 is 10.8 Å². The molecule has 1 aliphatic rings. The van der Waals surface area contributed by atoms with Gasteiger partial charge in [0, 0.05) is 18.4 Å². The van der Waals surface area contributed by atoms with Gasteiger partial charge in [-0.1, -0.05) is 62.4 Å². The highest BCUT2D eigenvalue weighted by Crippen LogP contribution is 2.47. The molecular weight excluding hydrogens is 415 g/mol. The Bertz CT molecular complexity index is 1210. The summed E-state index contributed by atoms with van der Waals surface area (Å²) < 4.78 is 48.7. The van der Waals surface area contributed by atoms with Gasteiger partial charge in [0.2, 0.25) is 0 Å². The molecule has 3 aromatic rings. The van der Waals surface area contributed by atoms with Crippen molar-refractivity contribution in [1.29, 1.82) is 5.26 Å². The minimum absolute atomic E-state index is 0.352. The van der Waals surface area contributed by atoms with Crippen LogP contribution in [-0.2, 0) is 18.3 Å². The number of nitriles is 1. The third-order valence-corrected chi connectivity index (χ3v) is 6.32. The fourth-order valence-corrected chi connectivity index (χ4v) is 4.77. The molecule has 4 rings (SSSR count). The Balaban J connectivity index is 1.76. The van der Waals surface area contributed by atoms with E-state index in [1.54, 1.807) is 44.2 Å². The van der Waals surface area contributed by atoms with Crippen LogP contribution in [0.25, 0.3) is 10.8 Å². The first kappa shape index (κ1) is 22.2. The lowest BCUT2D eigenvalue weighted by atomic mass is 9.72. The van der Waals surface area contributed by atoms with Crippen LogP contribution >= 0.6 is 0 Å². The average Bonchev–Trinajstić information content (AvgIpc) is 3.21. The fraction of sp³-hybridized carbons (Fsp3) is 0.346. The minimum Gasteiger partial charge on any atom is -0.493 e. The topological polar surface area (TPSA) is 53.2 Å². The first-order valence-electron chi connectivity index (χ1n) is 10.5. The van der Waals surface area contributed by atoms with Gasteiger partial charge in [0.25, 0.3) is 0 Å². The molecule has 1 atom stereocenters. The lowest BCUT2D eigenvalue weighted by Gasteiger charge is -2.38. The fourth-order valence-electron chi connectivity index (χ4n) is 4.77. The molecule has 1 N–H and O–H groups in total. The number of fused-ring (bicyclic) bond motifs is 2. The van der Waals surface area contributed by atoms with Crippen LogP contribution in [0.2, 0.25) is 0 Å². The maximum Gasteiger partial charge on any atom is 0.417 e. The molecule has 0 bridgehead atoms. The first-order chi connectivity index (χ1) is 15.1. The van der Waals surface area contributed by atoms with Crippen LogP contribution in [0.15, 0.2) is 54.6 Å². The van der Waals surface area contributed by atoms with Crippen molar-refractivity contribution in [3.63, 3.8) is 0 Å². The van der Waals surface area contributed by atoms with E-state index >= 15 is 0 Å². The summed E-state index contributed by atoms with van der Waals surface area (Å²) in [7, 11) is 0. The standard InChI is InChI=1S/C26H24F3NO2/c1-24(2,22-9-5-6-17-12-13-32-23(17)22)16-25(31,26(27,28)29)14-18-10-11-19(15-30)21-8-4-3-7-20(18)21/h3-11,31H,12-14,16H2,1-2H3. The van der Waals surface area contributed by atoms with E-state index in [0.717, 1.165) is 12.0 Å². The zero-order chi connectivity index (χ0) is 23.1. The number of alkyl halides is 3. The van der Waals surface area contributed by atoms with Crippen molar-refractivity contribution in [3.8, 4) is 11.8 Å². The Morgan fingerprint density at radius 3 is 2.41 bits per heavy atom. The Morgan fingerprint density at radius 1 is 1.00 bits per heavy atom. The van der Waals surface area contributed by atoms with Crippen LogP contribution in [0.5, 0.6) is 5.75 Å². The molecule has 166 valence electrons. The minimum atomic E-state index is -4.85. The highest BCUT2D eigenvalue weighted by atomic mass is 19.4. The number of ether oxygens (including phenoxy) is 1. The number of hydrogen-bond donors (Lipinski definition) is 1. The summed E-state index contributed by atoms with van der Waals surface area (Å²) >= 11 is 0. The van der Waals surface area contributed by atoms with Gasteiger partial charge in [0.15, 0.2) is 5.60 Å². The zero-order valence-corrected chi connectivity index (χ0v) is 18.0. The van der Waals surface area contributed by atoms with Gasteiger partial charge in [0.05, 0.1) is 18.2 Å². The number of halogens is 3. The van der Waals surface area contributed by atoms with Crippen molar-refractivity contribution in [2.45, 2.75) is 50.3 Å². The molecule has 6 heteroatoms. The predicted octanol–water partition coefficient (Wildman–Crippen LogP) is 5.85. The zero-order valence-electron chi connectivity index (χ0n) is 18.0. The summed E-state index contributed by atoms with van der Waals surface area (Å²) in [5.74, 6) is 0.630. The molecule has 3 nitrogen and oxygen atoms in total. The molecule has 1 unspecified atom stereocenters. The smallest absolute Gasteiger partial charge is 0.417 e. The lowest BCUT2D eigenvalue weighted by molar-refractivity contribution is -0.266. The van der Waals surface area contributed by atoms with E-state index in [1.165, 1.54) is 12.1 Å². The number of benzene rings is 3. The van der Waals surface area contributed by atoms with Crippen LogP contribution in [0.4, 0.5) is 13.2 Å². The Hall–Kier alpha value is -3.04. The van der Waals surface area contributed by atoms with Gasteiger partial charge in [-0.25, -0.2) is 0 Å². The van der Waals surface area contributed by atoms with Crippen LogP contribution in [0.1, 0.15) is 42.5 Å². The highest BCUT2D eigenvalue weighted by molar-refractivity contribution is 5.90. The normalized spacial score (nSPS) is 15.7. The van der Waals surface area contributed by atoms with Gasteiger partial charge in [-0.15, -0.1) is 0 Å². The maximum absolute atomic E-state index is 14.3. The molecule has 0 saturated carbocycles. The quantitative estimate of drug-likeness (QED) is 0.543. The highest BCUT2D eigenvalue weighted by Gasteiger charge is 2.56. The summed E-state index contributed by atoms with van der Waals surface area (Å²) in [5.41, 5.74) is -1.58.